The maximum atomic E-state index is 12.4. The van der Waals surface area contributed by atoms with Crippen LogP contribution in [0.5, 0.6) is 0 Å². The minimum atomic E-state index is -0.521. The largest absolute Gasteiger partial charge is 0.348 e. The van der Waals surface area contributed by atoms with Crippen molar-refractivity contribution in [1.82, 2.24) is 25.3 Å². The van der Waals surface area contributed by atoms with Crippen LogP contribution in [0, 0.1) is 13.8 Å². The summed E-state index contributed by atoms with van der Waals surface area (Å²) in [5.41, 5.74) is 5.46. The Hall–Kier alpha value is -3.16. The number of carbonyl (C=O) groups excluding carboxylic acids is 3. The average Bonchev–Trinajstić information content (AvgIpc) is 3.20. The Bertz CT molecular complexity index is 928. The summed E-state index contributed by atoms with van der Waals surface area (Å²) in [6, 6.07) is 5.63. The lowest BCUT2D eigenvalue weighted by Gasteiger charge is -2.25. The second-order valence-corrected chi connectivity index (χ2v) is 7.46. The predicted octanol–water partition coefficient (Wildman–Crippen LogP) is 1.53. The van der Waals surface area contributed by atoms with Crippen LogP contribution < -0.4 is 10.6 Å². The average molecular weight is 381 g/mol. The number of amides is 4. The van der Waals surface area contributed by atoms with E-state index in [1.54, 1.807) is 0 Å². The molecule has 0 saturated carbocycles. The summed E-state index contributed by atoms with van der Waals surface area (Å²) >= 11 is 0. The monoisotopic (exact) mass is 381 g/mol. The van der Waals surface area contributed by atoms with E-state index in [-0.39, 0.29) is 30.9 Å². The molecule has 1 saturated heterocycles. The first-order valence-corrected chi connectivity index (χ1v) is 9.45. The number of hydrogen-bond donors (Lipinski definition) is 2. The summed E-state index contributed by atoms with van der Waals surface area (Å²) in [5.74, 6) is -0.727. The van der Waals surface area contributed by atoms with Crippen molar-refractivity contribution >= 4 is 17.8 Å². The maximum absolute atomic E-state index is 12.4. The molecule has 1 aliphatic heterocycles. The van der Waals surface area contributed by atoms with Crippen LogP contribution in [0.4, 0.5) is 4.79 Å². The number of aryl methyl sites for hydroxylation is 2. The van der Waals surface area contributed by atoms with Crippen LogP contribution in [0.2, 0.25) is 0 Å². The molecule has 1 fully saturated rings. The SMILES string of the molecule is Cc1cc(C)cc(-n2ncc3c2CCCC3NC(=O)CN2C(=O)CNC2=O)c1. The third-order valence-corrected chi connectivity index (χ3v) is 5.21. The number of urea groups is 1. The van der Waals surface area contributed by atoms with Crippen LogP contribution >= 0.6 is 0 Å². The van der Waals surface area contributed by atoms with E-state index in [1.807, 2.05) is 10.9 Å². The number of benzene rings is 1. The minimum Gasteiger partial charge on any atom is -0.348 e. The quantitative estimate of drug-likeness (QED) is 0.785. The van der Waals surface area contributed by atoms with E-state index in [0.29, 0.717) is 0 Å². The molecule has 1 aromatic carbocycles. The van der Waals surface area contributed by atoms with Crippen molar-refractivity contribution in [3.05, 3.63) is 46.8 Å². The standard InChI is InChI=1S/C20H23N5O3/c1-12-6-13(2)8-14(7-12)25-17-5-3-4-16(15(17)9-22-25)23-18(26)11-24-19(27)10-21-20(24)28/h6-9,16H,3-5,10-11H2,1-2H3,(H,21,28)(H,23,26). The molecule has 146 valence electrons. The molecule has 0 bridgehead atoms. The summed E-state index contributed by atoms with van der Waals surface area (Å²) in [6.45, 7) is 3.81. The lowest BCUT2D eigenvalue weighted by Crippen LogP contribution is -2.42. The van der Waals surface area contributed by atoms with Gasteiger partial charge < -0.3 is 10.6 Å². The number of imide groups is 1. The Balaban J connectivity index is 1.53. The zero-order chi connectivity index (χ0) is 19.8. The predicted molar refractivity (Wildman–Crippen MR) is 102 cm³/mol. The van der Waals surface area contributed by atoms with Gasteiger partial charge in [0.15, 0.2) is 0 Å². The molecule has 1 unspecified atom stereocenters. The van der Waals surface area contributed by atoms with Gasteiger partial charge >= 0.3 is 6.03 Å². The Morgan fingerprint density at radius 3 is 2.68 bits per heavy atom. The molecule has 1 aromatic heterocycles. The lowest BCUT2D eigenvalue weighted by molar-refractivity contribution is -0.131. The van der Waals surface area contributed by atoms with Gasteiger partial charge in [-0.25, -0.2) is 9.48 Å². The highest BCUT2D eigenvalue weighted by Crippen LogP contribution is 2.31. The van der Waals surface area contributed by atoms with E-state index >= 15 is 0 Å². The van der Waals surface area contributed by atoms with Crippen molar-refractivity contribution in [2.24, 2.45) is 0 Å². The Morgan fingerprint density at radius 2 is 2.00 bits per heavy atom. The summed E-state index contributed by atoms with van der Waals surface area (Å²) in [5, 5.41) is 9.96. The van der Waals surface area contributed by atoms with Crippen LogP contribution in [0.15, 0.2) is 24.4 Å². The fraction of sp³-hybridized carbons (Fsp3) is 0.400. The van der Waals surface area contributed by atoms with E-state index in [4.69, 9.17) is 0 Å². The number of fused-ring (bicyclic) bond motifs is 1. The Labute approximate surface area is 162 Å². The van der Waals surface area contributed by atoms with Gasteiger partial charge in [-0.15, -0.1) is 0 Å². The molecule has 28 heavy (non-hydrogen) atoms. The highest BCUT2D eigenvalue weighted by atomic mass is 16.2. The molecule has 0 spiro atoms. The first-order valence-electron chi connectivity index (χ1n) is 9.45. The molecule has 2 aliphatic rings. The smallest absolute Gasteiger partial charge is 0.325 e. The van der Waals surface area contributed by atoms with Crippen molar-refractivity contribution in [2.45, 2.75) is 39.2 Å². The molecule has 2 N–H and O–H groups in total. The van der Waals surface area contributed by atoms with Crippen molar-refractivity contribution in [2.75, 3.05) is 13.1 Å². The third-order valence-electron chi connectivity index (χ3n) is 5.21. The summed E-state index contributed by atoms with van der Waals surface area (Å²) in [4.78, 5) is 36.7. The van der Waals surface area contributed by atoms with Gasteiger partial charge in [0.2, 0.25) is 5.91 Å². The molecule has 1 atom stereocenters. The molecule has 8 heteroatoms. The topological polar surface area (TPSA) is 96.3 Å². The minimum absolute atomic E-state index is 0.0532. The number of aromatic nitrogens is 2. The van der Waals surface area contributed by atoms with Gasteiger partial charge in [-0.05, 0) is 56.4 Å². The second-order valence-electron chi connectivity index (χ2n) is 7.46. The van der Waals surface area contributed by atoms with Crippen molar-refractivity contribution < 1.29 is 14.4 Å². The number of carbonyl (C=O) groups is 3. The van der Waals surface area contributed by atoms with Crippen LogP contribution in [-0.4, -0.2) is 45.6 Å². The molecule has 8 nitrogen and oxygen atoms in total. The van der Waals surface area contributed by atoms with Crippen LogP contribution in [0.3, 0.4) is 0 Å². The number of rotatable bonds is 4. The number of nitrogens with zero attached hydrogens (tertiary/aromatic N) is 3. The molecule has 0 radical (unpaired) electrons. The molecule has 2 aromatic rings. The van der Waals surface area contributed by atoms with Gasteiger partial charge in [0.25, 0.3) is 5.91 Å². The highest BCUT2D eigenvalue weighted by molar-refractivity contribution is 6.04. The summed E-state index contributed by atoms with van der Waals surface area (Å²) in [6.07, 6.45) is 4.43. The number of hydrogen-bond acceptors (Lipinski definition) is 4. The van der Waals surface area contributed by atoms with Crippen molar-refractivity contribution in [3.63, 3.8) is 0 Å². The molecular formula is C20H23N5O3. The van der Waals surface area contributed by atoms with Crippen LogP contribution in [0.1, 0.15) is 41.3 Å². The van der Waals surface area contributed by atoms with E-state index < -0.39 is 6.03 Å². The summed E-state index contributed by atoms with van der Waals surface area (Å²) in [7, 11) is 0. The highest BCUT2D eigenvalue weighted by Gasteiger charge is 2.32. The van der Waals surface area contributed by atoms with Gasteiger partial charge in [-0.2, -0.15) is 5.10 Å². The Morgan fingerprint density at radius 1 is 1.25 bits per heavy atom. The van der Waals surface area contributed by atoms with Crippen LogP contribution in [-0.2, 0) is 16.0 Å². The van der Waals surface area contributed by atoms with Gasteiger partial charge in [0.05, 0.1) is 24.5 Å². The molecular weight excluding hydrogens is 358 g/mol. The molecule has 4 amide bonds. The maximum Gasteiger partial charge on any atom is 0.325 e. The zero-order valence-electron chi connectivity index (χ0n) is 16.0. The van der Waals surface area contributed by atoms with Crippen LogP contribution in [0.25, 0.3) is 5.69 Å². The Kier molecular flexibility index (Phi) is 4.62. The van der Waals surface area contributed by atoms with Gasteiger partial charge in [0.1, 0.15) is 6.54 Å². The summed E-state index contributed by atoms with van der Waals surface area (Å²) < 4.78 is 1.95. The van der Waals surface area contributed by atoms with E-state index in [0.717, 1.165) is 41.1 Å². The van der Waals surface area contributed by atoms with Crippen molar-refractivity contribution in [3.8, 4) is 5.69 Å². The first kappa shape index (κ1) is 18.2. The van der Waals surface area contributed by atoms with E-state index in [9.17, 15) is 14.4 Å². The fourth-order valence-electron chi connectivity index (χ4n) is 4.00. The third kappa shape index (κ3) is 3.37. The molecule has 1 aliphatic carbocycles. The lowest BCUT2D eigenvalue weighted by atomic mass is 9.92. The van der Waals surface area contributed by atoms with Gasteiger partial charge in [-0.1, -0.05) is 6.07 Å². The first-order chi connectivity index (χ1) is 13.4. The molecule has 4 rings (SSSR count). The molecule has 2 heterocycles. The normalized spacial score (nSPS) is 18.8. The van der Waals surface area contributed by atoms with Gasteiger partial charge in [-0.3, -0.25) is 14.5 Å². The number of nitrogens with one attached hydrogen (secondary N) is 2. The van der Waals surface area contributed by atoms with E-state index in [1.165, 1.54) is 11.1 Å². The fourth-order valence-corrected chi connectivity index (χ4v) is 4.00. The second kappa shape index (κ2) is 7.10. The van der Waals surface area contributed by atoms with Gasteiger partial charge in [0, 0.05) is 11.3 Å². The van der Waals surface area contributed by atoms with E-state index in [2.05, 4.69) is 47.8 Å². The zero-order valence-corrected chi connectivity index (χ0v) is 16.0. The van der Waals surface area contributed by atoms with Crippen molar-refractivity contribution in [1.29, 1.82) is 0 Å².